The molecule has 4 aliphatic rings. The molecular weight excluding hydrogens is 372 g/mol. The summed E-state index contributed by atoms with van der Waals surface area (Å²) in [6.07, 6.45) is 8.89. The van der Waals surface area contributed by atoms with E-state index >= 15 is 0 Å². The zero-order valence-electron chi connectivity index (χ0n) is 17.1. The summed E-state index contributed by atoms with van der Waals surface area (Å²) in [6.45, 7) is 3.39. The molecule has 0 aromatic carbocycles. The van der Waals surface area contributed by atoms with Crippen molar-refractivity contribution in [3.63, 3.8) is 0 Å². The quantitative estimate of drug-likeness (QED) is 0.692. The summed E-state index contributed by atoms with van der Waals surface area (Å²) in [5.74, 6) is 1.23. The standard InChI is InChI=1S/C21H30N4O4/c1-23-11-8-22-18(23)20(27)24-9-4-16(5-10-24)25-19(26)17(29-14-15-2-3-15)21(25)6-12-28-13-7-21/h8,11,15-17H,2-7,9-10,12-14H2,1H3. The topological polar surface area (TPSA) is 76.9 Å². The molecule has 158 valence electrons. The fraction of sp³-hybridized carbons (Fsp3) is 0.762. The van der Waals surface area contributed by atoms with Crippen molar-refractivity contribution in [2.24, 2.45) is 13.0 Å². The highest BCUT2D eigenvalue weighted by molar-refractivity contribution is 5.92. The van der Waals surface area contributed by atoms with Crippen LogP contribution in [0, 0.1) is 5.92 Å². The van der Waals surface area contributed by atoms with Crippen molar-refractivity contribution in [2.45, 2.75) is 56.2 Å². The molecular formula is C21H30N4O4. The number of carbonyl (C=O) groups excluding carboxylic acids is 2. The molecule has 2 amide bonds. The van der Waals surface area contributed by atoms with Crippen LogP contribution in [0.25, 0.3) is 0 Å². The largest absolute Gasteiger partial charge is 0.381 e. The van der Waals surface area contributed by atoms with E-state index in [1.165, 1.54) is 12.8 Å². The molecule has 1 unspecified atom stereocenters. The fourth-order valence-electron chi connectivity index (χ4n) is 5.19. The van der Waals surface area contributed by atoms with Crippen molar-refractivity contribution in [1.29, 1.82) is 0 Å². The molecule has 1 saturated carbocycles. The smallest absolute Gasteiger partial charge is 0.289 e. The van der Waals surface area contributed by atoms with Gasteiger partial charge in [-0.3, -0.25) is 9.59 Å². The van der Waals surface area contributed by atoms with Crippen LogP contribution in [0.5, 0.6) is 0 Å². The fourth-order valence-corrected chi connectivity index (χ4v) is 5.19. The molecule has 3 saturated heterocycles. The van der Waals surface area contributed by atoms with Gasteiger partial charge in [-0.1, -0.05) is 0 Å². The average Bonchev–Trinajstić information content (AvgIpc) is 3.47. The number of hydrogen-bond acceptors (Lipinski definition) is 5. The second-order valence-corrected chi connectivity index (χ2v) is 8.97. The van der Waals surface area contributed by atoms with E-state index in [0.29, 0.717) is 44.7 Å². The van der Waals surface area contributed by atoms with Gasteiger partial charge in [0.25, 0.3) is 11.8 Å². The molecule has 8 heteroatoms. The highest BCUT2D eigenvalue weighted by atomic mass is 16.5. The van der Waals surface area contributed by atoms with Crippen molar-refractivity contribution in [2.75, 3.05) is 32.9 Å². The SMILES string of the molecule is Cn1ccnc1C(=O)N1CCC(N2C(=O)C(OCC3CC3)C23CCOCC3)CC1. The molecule has 8 nitrogen and oxygen atoms in total. The third-order valence-electron chi connectivity index (χ3n) is 7.11. The first kappa shape index (κ1) is 19.1. The highest BCUT2D eigenvalue weighted by Crippen LogP contribution is 2.46. The number of aromatic nitrogens is 2. The van der Waals surface area contributed by atoms with E-state index in [2.05, 4.69) is 9.88 Å². The van der Waals surface area contributed by atoms with Gasteiger partial charge in [0.15, 0.2) is 11.9 Å². The summed E-state index contributed by atoms with van der Waals surface area (Å²) < 4.78 is 13.5. The molecule has 3 aliphatic heterocycles. The normalized spacial score (nSPS) is 27.3. The Morgan fingerprint density at radius 3 is 2.59 bits per heavy atom. The lowest BCUT2D eigenvalue weighted by Gasteiger charge is -2.62. The number of amides is 2. The van der Waals surface area contributed by atoms with Gasteiger partial charge in [0.2, 0.25) is 0 Å². The Morgan fingerprint density at radius 2 is 1.97 bits per heavy atom. The van der Waals surface area contributed by atoms with Gasteiger partial charge in [-0.15, -0.1) is 0 Å². The molecule has 1 atom stereocenters. The number of likely N-dealkylation sites (tertiary alicyclic amines) is 2. The molecule has 0 N–H and O–H groups in total. The van der Waals surface area contributed by atoms with Gasteiger partial charge >= 0.3 is 0 Å². The Balaban J connectivity index is 1.25. The summed E-state index contributed by atoms with van der Waals surface area (Å²) in [5, 5.41) is 0. The summed E-state index contributed by atoms with van der Waals surface area (Å²) in [5.41, 5.74) is -0.208. The van der Waals surface area contributed by atoms with E-state index in [9.17, 15) is 9.59 Å². The third-order valence-corrected chi connectivity index (χ3v) is 7.11. The van der Waals surface area contributed by atoms with Crippen LogP contribution in [0.3, 0.4) is 0 Å². The van der Waals surface area contributed by atoms with Crippen molar-refractivity contribution in [1.82, 2.24) is 19.4 Å². The van der Waals surface area contributed by atoms with Crippen LogP contribution in [0.15, 0.2) is 12.4 Å². The summed E-state index contributed by atoms with van der Waals surface area (Å²) in [7, 11) is 1.84. The monoisotopic (exact) mass is 402 g/mol. The van der Waals surface area contributed by atoms with E-state index in [4.69, 9.17) is 9.47 Å². The number of rotatable bonds is 5. The van der Waals surface area contributed by atoms with Crippen LogP contribution in [-0.2, 0) is 21.3 Å². The van der Waals surface area contributed by atoms with E-state index in [1.807, 2.05) is 11.9 Å². The first-order chi connectivity index (χ1) is 14.1. The minimum absolute atomic E-state index is 0.0303. The van der Waals surface area contributed by atoms with Crippen LogP contribution < -0.4 is 0 Å². The third kappa shape index (κ3) is 3.26. The molecule has 0 radical (unpaired) electrons. The summed E-state index contributed by atoms with van der Waals surface area (Å²) >= 11 is 0. The number of hydrogen-bond donors (Lipinski definition) is 0. The van der Waals surface area contributed by atoms with Gasteiger partial charge in [0, 0.05) is 51.8 Å². The van der Waals surface area contributed by atoms with E-state index in [1.54, 1.807) is 17.0 Å². The minimum atomic E-state index is -0.306. The molecule has 1 aliphatic carbocycles. The lowest BCUT2D eigenvalue weighted by Crippen LogP contribution is -2.79. The van der Waals surface area contributed by atoms with E-state index < -0.39 is 0 Å². The predicted octanol–water partition coefficient (Wildman–Crippen LogP) is 1.21. The number of nitrogens with zero attached hydrogens (tertiary/aromatic N) is 4. The lowest BCUT2D eigenvalue weighted by atomic mass is 9.72. The van der Waals surface area contributed by atoms with E-state index in [-0.39, 0.29) is 29.5 Å². The maximum atomic E-state index is 13.1. The van der Waals surface area contributed by atoms with Crippen LogP contribution in [0.2, 0.25) is 0 Å². The second kappa shape index (κ2) is 7.40. The molecule has 4 heterocycles. The van der Waals surface area contributed by atoms with Gasteiger partial charge in [-0.05, 0) is 44.4 Å². The Morgan fingerprint density at radius 1 is 1.24 bits per heavy atom. The van der Waals surface area contributed by atoms with Crippen LogP contribution in [-0.4, -0.2) is 81.8 Å². The van der Waals surface area contributed by atoms with Crippen molar-refractivity contribution in [3.8, 4) is 0 Å². The molecule has 4 fully saturated rings. The van der Waals surface area contributed by atoms with Gasteiger partial charge in [0.1, 0.15) is 0 Å². The predicted molar refractivity (Wildman–Crippen MR) is 104 cm³/mol. The van der Waals surface area contributed by atoms with Crippen molar-refractivity contribution in [3.05, 3.63) is 18.2 Å². The van der Waals surface area contributed by atoms with Gasteiger partial charge < -0.3 is 23.8 Å². The lowest BCUT2D eigenvalue weighted by molar-refractivity contribution is -0.219. The Bertz CT molecular complexity index is 775. The first-order valence-corrected chi connectivity index (χ1v) is 10.9. The van der Waals surface area contributed by atoms with Gasteiger partial charge in [0.05, 0.1) is 12.1 Å². The Kier molecular flexibility index (Phi) is 4.86. The summed E-state index contributed by atoms with van der Waals surface area (Å²) in [6, 6.07) is 0.173. The Labute approximate surface area is 171 Å². The molecule has 1 spiro atoms. The molecule has 5 rings (SSSR count). The van der Waals surface area contributed by atoms with Gasteiger partial charge in [-0.25, -0.2) is 4.98 Å². The number of ether oxygens (including phenoxy) is 2. The number of β-lactam (4-membered cyclic amide) rings is 1. The minimum Gasteiger partial charge on any atom is -0.381 e. The Hall–Kier alpha value is -1.93. The molecule has 29 heavy (non-hydrogen) atoms. The average molecular weight is 402 g/mol. The van der Waals surface area contributed by atoms with Gasteiger partial charge in [-0.2, -0.15) is 0 Å². The number of aryl methyl sites for hydroxylation is 1. The number of piperidine rings is 1. The van der Waals surface area contributed by atoms with Crippen LogP contribution in [0.4, 0.5) is 0 Å². The van der Waals surface area contributed by atoms with Crippen molar-refractivity contribution < 1.29 is 19.1 Å². The highest BCUT2D eigenvalue weighted by Gasteiger charge is 2.63. The van der Waals surface area contributed by atoms with Crippen molar-refractivity contribution >= 4 is 11.8 Å². The summed E-state index contributed by atoms with van der Waals surface area (Å²) in [4.78, 5) is 34.0. The van der Waals surface area contributed by atoms with Crippen LogP contribution >= 0.6 is 0 Å². The van der Waals surface area contributed by atoms with E-state index in [0.717, 1.165) is 25.7 Å². The zero-order valence-corrected chi connectivity index (χ0v) is 17.1. The molecule has 1 aromatic heterocycles. The number of imidazole rings is 1. The van der Waals surface area contributed by atoms with Crippen LogP contribution in [0.1, 0.15) is 49.1 Å². The number of carbonyl (C=O) groups is 2. The molecule has 0 bridgehead atoms. The maximum absolute atomic E-state index is 13.1. The first-order valence-electron chi connectivity index (χ1n) is 10.9. The maximum Gasteiger partial charge on any atom is 0.289 e. The zero-order chi connectivity index (χ0) is 20.0. The molecule has 1 aromatic rings. The second-order valence-electron chi connectivity index (χ2n) is 8.97.